The van der Waals surface area contributed by atoms with Gasteiger partial charge in [0, 0.05) is 25.1 Å². The van der Waals surface area contributed by atoms with E-state index in [4.69, 9.17) is 0 Å². The van der Waals surface area contributed by atoms with E-state index >= 15 is 4.39 Å². The fraction of sp³-hybridized carbons (Fsp3) is 0.278. The maximum Gasteiger partial charge on any atom is 0.416 e. The van der Waals surface area contributed by atoms with Crippen molar-refractivity contribution in [2.45, 2.75) is 50.9 Å². The van der Waals surface area contributed by atoms with Crippen molar-refractivity contribution in [2.24, 2.45) is 5.92 Å². The maximum absolute atomic E-state index is 15.0. The smallest absolute Gasteiger partial charge is 0.354 e. The van der Waals surface area contributed by atoms with Crippen LogP contribution in [-0.4, -0.2) is 44.3 Å². The Bertz CT molecular complexity index is 1820. The van der Waals surface area contributed by atoms with Crippen molar-refractivity contribution in [3.8, 4) is 0 Å². The number of amides is 2. The number of anilines is 1. The normalized spacial score (nSPS) is 12.4. The summed E-state index contributed by atoms with van der Waals surface area (Å²) < 4.78 is 85.1. The number of hydrogen-bond donors (Lipinski definition) is 1. The quantitative estimate of drug-likeness (QED) is 0.158. The highest BCUT2D eigenvalue weighted by Gasteiger charge is 2.36. The highest BCUT2D eigenvalue weighted by molar-refractivity contribution is 7.92. The van der Waals surface area contributed by atoms with Crippen LogP contribution in [0, 0.1) is 18.7 Å². The van der Waals surface area contributed by atoms with E-state index < -0.39 is 64.2 Å². The van der Waals surface area contributed by atoms with Crippen LogP contribution in [0.2, 0.25) is 0 Å². The van der Waals surface area contributed by atoms with E-state index in [-0.39, 0.29) is 29.3 Å². The predicted octanol–water partition coefficient (Wildman–Crippen LogP) is 6.76. The number of carbonyl (C=O) groups excluding carboxylic acids is 2. The number of hydrogen-bond acceptors (Lipinski definition) is 4. The van der Waals surface area contributed by atoms with Gasteiger partial charge in [-0.3, -0.25) is 13.9 Å². The lowest BCUT2D eigenvalue weighted by Gasteiger charge is -2.34. The number of nitrogens with zero attached hydrogens (tertiary/aromatic N) is 2. The van der Waals surface area contributed by atoms with Crippen LogP contribution in [0.5, 0.6) is 0 Å². The third-order valence-corrected chi connectivity index (χ3v) is 9.39. The Labute approximate surface area is 278 Å². The van der Waals surface area contributed by atoms with Crippen molar-refractivity contribution in [3.63, 3.8) is 0 Å². The number of sulfonamides is 1. The van der Waals surface area contributed by atoms with Crippen LogP contribution in [0.15, 0.2) is 108 Å². The molecule has 0 aliphatic rings. The number of alkyl halides is 3. The first kappa shape index (κ1) is 36.1. The summed E-state index contributed by atoms with van der Waals surface area (Å²) in [5, 5.41) is 2.83. The fourth-order valence-electron chi connectivity index (χ4n) is 4.99. The van der Waals surface area contributed by atoms with Crippen molar-refractivity contribution >= 4 is 27.5 Å². The summed E-state index contributed by atoms with van der Waals surface area (Å²) in [6.07, 6.45) is -4.80. The van der Waals surface area contributed by atoms with Gasteiger partial charge in [0.25, 0.3) is 10.0 Å². The molecular weight excluding hydrogens is 646 g/mol. The lowest BCUT2D eigenvalue weighted by atomic mass is 10.0. The molecule has 0 radical (unpaired) electrons. The van der Waals surface area contributed by atoms with Gasteiger partial charge in [0.15, 0.2) is 0 Å². The van der Waals surface area contributed by atoms with E-state index in [0.717, 1.165) is 28.7 Å². The van der Waals surface area contributed by atoms with Gasteiger partial charge in [-0.2, -0.15) is 13.2 Å². The Morgan fingerprint density at radius 1 is 0.854 bits per heavy atom. The summed E-state index contributed by atoms with van der Waals surface area (Å²) in [4.78, 5) is 29.0. The molecule has 0 saturated heterocycles. The molecule has 4 rings (SSSR count). The SMILES string of the molecule is Cc1ccc(S(=O)(=O)N(CC(=O)N(Cc2ccccc2F)[C@H](Cc2ccccc2)C(=O)NCC(C)C)c2cccc(C(F)(F)F)c2)cc1. The molecule has 1 atom stereocenters. The Morgan fingerprint density at radius 3 is 2.12 bits per heavy atom. The summed E-state index contributed by atoms with van der Waals surface area (Å²) >= 11 is 0. The Balaban J connectivity index is 1.85. The zero-order chi connectivity index (χ0) is 35.1. The van der Waals surface area contributed by atoms with E-state index in [1.807, 2.05) is 13.8 Å². The summed E-state index contributed by atoms with van der Waals surface area (Å²) in [6.45, 7) is 4.38. The van der Waals surface area contributed by atoms with E-state index in [2.05, 4.69) is 5.32 Å². The molecule has 12 heteroatoms. The van der Waals surface area contributed by atoms with Crippen molar-refractivity contribution in [1.29, 1.82) is 0 Å². The lowest BCUT2D eigenvalue weighted by Crippen LogP contribution is -2.53. The van der Waals surface area contributed by atoms with E-state index in [1.165, 1.54) is 42.5 Å². The molecule has 1 N–H and O–H groups in total. The second kappa shape index (κ2) is 15.5. The number of benzene rings is 4. The average Bonchev–Trinajstić information content (AvgIpc) is 3.05. The molecule has 4 aromatic rings. The van der Waals surface area contributed by atoms with E-state index in [0.29, 0.717) is 15.9 Å². The van der Waals surface area contributed by atoms with E-state index in [1.54, 1.807) is 43.3 Å². The number of carbonyl (C=O) groups is 2. The number of nitrogens with one attached hydrogen (secondary N) is 1. The van der Waals surface area contributed by atoms with Crippen LogP contribution in [0.3, 0.4) is 0 Å². The molecule has 0 saturated carbocycles. The van der Waals surface area contributed by atoms with Gasteiger partial charge in [-0.1, -0.05) is 86.1 Å². The number of halogens is 4. The summed E-state index contributed by atoms with van der Waals surface area (Å²) in [5.41, 5.74) is -0.0470. The molecule has 0 aromatic heterocycles. The van der Waals surface area contributed by atoms with Crippen molar-refractivity contribution in [2.75, 3.05) is 17.4 Å². The van der Waals surface area contributed by atoms with Crippen molar-refractivity contribution in [3.05, 3.63) is 131 Å². The first-order valence-corrected chi connectivity index (χ1v) is 16.7. The number of aryl methyl sites for hydroxylation is 1. The lowest BCUT2D eigenvalue weighted by molar-refractivity contribution is -0.140. The average molecular weight is 684 g/mol. The third-order valence-electron chi connectivity index (χ3n) is 7.60. The minimum absolute atomic E-state index is 0.000762. The molecule has 0 fully saturated rings. The second-order valence-corrected chi connectivity index (χ2v) is 13.7. The van der Waals surface area contributed by atoms with Gasteiger partial charge in [0.2, 0.25) is 11.8 Å². The van der Waals surface area contributed by atoms with Crippen LogP contribution >= 0.6 is 0 Å². The van der Waals surface area contributed by atoms with Gasteiger partial charge in [0.05, 0.1) is 16.1 Å². The van der Waals surface area contributed by atoms with Gasteiger partial charge in [-0.25, -0.2) is 12.8 Å². The van der Waals surface area contributed by atoms with Gasteiger partial charge in [-0.05, 0) is 54.8 Å². The Hall–Kier alpha value is -4.71. The molecule has 0 bridgehead atoms. The molecule has 254 valence electrons. The molecule has 0 aliphatic heterocycles. The Morgan fingerprint density at radius 2 is 1.50 bits per heavy atom. The standard InChI is InChI=1S/C36H37F4N3O4S/c1-25(2)22-41-35(45)33(20-27-10-5-4-6-11-27)42(23-28-12-7-8-15-32(28)37)34(44)24-43(30-14-9-13-29(21-30)36(38,39)40)48(46,47)31-18-16-26(3)17-19-31/h4-19,21,25,33H,20,22-24H2,1-3H3,(H,41,45)/t33-/m1/s1. The minimum Gasteiger partial charge on any atom is -0.354 e. The van der Waals surface area contributed by atoms with Crippen molar-refractivity contribution < 1.29 is 35.6 Å². The van der Waals surface area contributed by atoms with Crippen LogP contribution in [0.25, 0.3) is 0 Å². The monoisotopic (exact) mass is 683 g/mol. The van der Waals surface area contributed by atoms with Gasteiger partial charge in [-0.15, -0.1) is 0 Å². The van der Waals surface area contributed by atoms with Crippen LogP contribution < -0.4 is 9.62 Å². The highest BCUT2D eigenvalue weighted by Crippen LogP contribution is 2.33. The van der Waals surface area contributed by atoms with Crippen LogP contribution in [0.1, 0.15) is 36.1 Å². The van der Waals surface area contributed by atoms with Crippen LogP contribution in [0.4, 0.5) is 23.2 Å². The molecule has 0 heterocycles. The van der Waals surface area contributed by atoms with E-state index in [9.17, 15) is 31.2 Å². The largest absolute Gasteiger partial charge is 0.416 e. The van der Waals surface area contributed by atoms with Gasteiger partial charge >= 0.3 is 6.18 Å². The molecule has 4 aromatic carbocycles. The summed E-state index contributed by atoms with van der Waals surface area (Å²) in [6, 6.07) is 22.5. The molecule has 2 amide bonds. The Kier molecular flexibility index (Phi) is 11.6. The maximum atomic E-state index is 15.0. The molecule has 0 unspecified atom stereocenters. The predicted molar refractivity (Wildman–Crippen MR) is 176 cm³/mol. The molecule has 7 nitrogen and oxygen atoms in total. The first-order chi connectivity index (χ1) is 22.7. The highest BCUT2D eigenvalue weighted by atomic mass is 32.2. The van der Waals surface area contributed by atoms with Crippen molar-refractivity contribution in [1.82, 2.24) is 10.2 Å². The summed E-state index contributed by atoms with van der Waals surface area (Å²) in [7, 11) is -4.63. The van der Waals surface area contributed by atoms with Crippen LogP contribution in [-0.2, 0) is 38.8 Å². The molecular formula is C36H37F4N3O4S. The van der Waals surface area contributed by atoms with Gasteiger partial charge in [0.1, 0.15) is 18.4 Å². The minimum atomic E-state index is -4.80. The molecule has 48 heavy (non-hydrogen) atoms. The fourth-order valence-corrected chi connectivity index (χ4v) is 6.40. The third kappa shape index (κ3) is 9.21. The zero-order valence-electron chi connectivity index (χ0n) is 26.7. The topological polar surface area (TPSA) is 86.8 Å². The number of rotatable bonds is 13. The molecule has 0 spiro atoms. The summed E-state index contributed by atoms with van der Waals surface area (Å²) in [5.74, 6) is -2.08. The second-order valence-electron chi connectivity index (χ2n) is 11.8. The van der Waals surface area contributed by atoms with Gasteiger partial charge < -0.3 is 10.2 Å². The zero-order valence-corrected chi connectivity index (χ0v) is 27.6. The first-order valence-electron chi connectivity index (χ1n) is 15.3. The molecule has 0 aliphatic carbocycles.